The maximum absolute atomic E-state index is 10.7. The van der Waals surface area contributed by atoms with Crippen LogP contribution in [-0.4, -0.2) is 14.8 Å². The second-order valence-corrected chi connectivity index (χ2v) is 3.05. The van der Waals surface area contributed by atoms with Crippen LogP contribution in [0.3, 0.4) is 0 Å². The first-order valence-corrected chi connectivity index (χ1v) is 4.27. The number of fused-ring (bicyclic) bond motifs is 1. The summed E-state index contributed by atoms with van der Waals surface area (Å²) in [4.78, 5) is 23.8. The van der Waals surface area contributed by atoms with Crippen molar-refractivity contribution in [1.29, 1.82) is 0 Å². The molecule has 0 aliphatic heterocycles. The molecule has 16 heavy (non-hydrogen) atoms. The van der Waals surface area contributed by atoms with Crippen LogP contribution in [0.25, 0.3) is 10.9 Å². The Hall–Kier alpha value is -2.57. The number of nitrogens with zero attached hydrogens (tertiary/aromatic N) is 3. The molecule has 0 radical (unpaired) electrons. The maximum Gasteiger partial charge on any atom is 0.302 e. The highest BCUT2D eigenvalue weighted by Crippen LogP contribution is 2.28. The number of hydrogen-bond donors (Lipinski definition) is 0. The van der Waals surface area contributed by atoms with Crippen LogP contribution in [0.2, 0.25) is 0 Å². The molecule has 0 fully saturated rings. The van der Waals surface area contributed by atoms with Crippen molar-refractivity contribution in [3.63, 3.8) is 0 Å². The molecule has 0 unspecified atom stereocenters. The van der Waals surface area contributed by atoms with Gasteiger partial charge in [0, 0.05) is 17.6 Å². The number of nitro groups is 2. The number of nitro benzene ring substituents is 2. The number of non-ortho nitro benzene ring substituents is 2. The van der Waals surface area contributed by atoms with E-state index < -0.39 is 9.85 Å². The van der Waals surface area contributed by atoms with E-state index in [0.29, 0.717) is 5.39 Å². The summed E-state index contributed by atoms with van der Waals surface area (Å²) in [6.45, 7) is 0. The molecule has 0 aliphatic carbocycles. The van der Waals surface area contributed by atoms with Gasteiger partial charge in [0.1, 0.15) is 5.52 Å². The lowest BCUT2D eigenvalue weighted by Crippen LogP contribution is -1.95. The molecule has 7 nitrogen and oxygen atoms in total. The Balaban J connectivity index is 2.84. The molecule has 2 rings (SSSR count). The highest BCUT2D eigenvalue weighted by atomic mass is 16.6. The number of aromatic nitrogens is 1. The van der Waals surface area contributed by atoms with Gasteiger partial charge in [-0.05, 0) is 6.07 Å². The van der Waals surface area contributed by atoms with Crippen molar-refractivity contribution in [2.75, 3.05) is 0 Å². The SMILES string of the molecule is O=[N+]([O-])c1cc([N+](=O)[O-])c2ncccc2c1. The van der Waals surface area contributed by atoms with E-state index in [2.05, 4.69) is 4.98 Å². The third kappa shape index (κ3) is 1.54. The Kier molecular flexibility index (Phi) is 2.20. The standard InChI is InChI=1S/C9H5N3O4/c13-11(14)7-4-6-2-1-3-10-9(6)8(5-7)12(15)16/h1-5H. The summed E-state index contributed by atoms with van der Waals surface area (Å²) in [7, 11) is 0. The Bertz CT molecular complexity index is 596. The lowest BCUT2D eigenvalue weighted by atomic mass is 10.1. The second-order valence-electron chi connectivity index (χ2n) is 3.05. The van der Waals surface area contributed by atoms with E-state index in [0.717, 1.165) is 6.07 Å². The van der Waals surface area contributed by atoms with Crippen molar-refractivity contribution in [1.82, 2.24) is 4.98 Å². The van der Waals surface area contributed by atoms with E-state index in [-0.39, 0.29) is 16.9 Å². The Labute approximate surface area is 88.6 Å². The molecule has 0 N–H and O–H groups in total. The summed E-state index contributed by atoms with van der Waals surface area (Å²) in [5.74, 6) is 0. The molecule has 0 amide bonds. The average Bonchev–Trinajstić information content (AvgIpc) is 2.27. The summed E-state index contributed by atoms with van der Waals surface area (Å²) < 4.78 is 0. The number of benzene rings is 1. The first kappa shape index (κ1) is 9.97. The lowest BCUT2D eigenvalue weighted by molar-refractivity contribution is -0.393. The van der Waals surface area contributed by atoms with Crippen molar-refractivity contribution in [2.45, 2.75) is 0 Å². The van der Waals surface area contributed by atoms with Gasteiger partial charge in [-0.15, -0.1) is 0 Å². The number of hydrogen-bond acceptors (Lipinski definition) is 5. The van der Waals surface area contributed by atoms with Gasteiger partial charge in [0.15, 0.2) is 0 Å². The van der Waals surface area contributed by atoms with Gasteiger partial charge in [0.2, 0.25) is 0 Å². The van der Waals surface area contributed by atoms with E-state index >= 15 is 0 Å². The topological polar surface area (TPSA) is 99.2 Å². The normalized spacial score (nSPS) is 10.2. The van der Waals surface area contributed by atoms with Crippen LogP contribution >= 0.6 is 0 Å². The monoisotopic (exact) mass is 219 g/mol. The van der Waals surface area contributed by atoms with E-state index in [1.54, 1.807) is 12.1 Å². The molecular weight excluding hydrogens is 214 g/mol. The molecule has 0 spiro atoms. The summed E-state index contributed by atoms with van der Waals surface area (Å²) in [6, 6.07) is 5.28. The Morgan fingerprint density at radius 3 is 2.50 bits per heavy atom. The molecule has 7 heteroatoms. The third-order valence-corrected chi connectivity index (χ3v) is 2.08. The van der Waals surface area contributed by atoms with Gasteiger partial charge in [-0.2, -0.15) is 0 Å². The summed E-state index contributed by atoms with van der Waals surface area (Å²) in [6.07, 6.45) is 1.40. The van der Waals surface area contributed by atoms with E-state index in [1.165, 1.54) is 12.3 Å². The molecule has 2 aromatic rings. The molecule has 1 heterocycles. The van der Waals surface area contributed by atoms with Crippen molar-refractivity contribution in [3.8, 4) is 0 Å². The highest BCUT2D eigenvalue weighted by molar-refractivity contribution is 5.89. The van der Waals surface area contributed by atoms with Gasteiger partial charge in [0.25, 0.3) is 5.69 Å². The van der Waals surface area contributed by atoms with Gasteiger partial charge in [-0.25, -0.2) is 4.98 Å². The average molecular weight is 219 g/mol. The molecule has 0 saturated carbocycles. The minimum Gasteiger partial charge on any atom is -0.258 e. The molecule has 1 aromatic carbocycles. The molecule has 1 aromatic heterocycles. The minimum atomic E-state index is -0.678. The summed E-state index contributed by atoms with van der Waals surface area (Å²) in [5, 5.41) is 21.7. The smallest absolute Gasteiger partial charge is 0.258 e. The Morgan fingerprint density at radius 1 is 1.12 bits per heavy atom. The minimum absolute atomic E-state index is 0.151. The predicted octanol–water partition coefficient (Wildman–Crippen LogP) is 2.05. The molecule has 0 saturated heterocycles. The van der Waals surface area contributed by atoms with Crippen molar-refractivity contribution in [3.05, 3.63) is 50.7 Å². The van der Waals surface area contributed by atoms with Gasteiger partial charge in [-0.3, -0.25) is 20.2 Å². The van der Waals surface area contributed by atoms with Gasteiger partial charge in [-0.1, -0.05) is 6.07 Å². The molecule has 0 atom stereocenters. The van der Waals surface area contributed by atoms with Crippen molar-refractivity contribution in [2.24, 2.45) is 0 Å². The first-order chi connectivity index (χ1) is 7.59. The molecule has 0 aliphatic rings. The predicted molar refractivity (Wildman–Crippen MR) is 55.1 cm³/mol. The van der Waals surface area contributed by atoms with Crippen LogP contribution in [0.15, 0.2) is 30.5 Å². The maximum atomic E-state index is 10.7. The van der Waals surface area contributed by atoms with Crippen molar-refractivity contribution >= 4 is 22.3 Å². The van der Waals surface area contributed by atoms with Crippen LogP contribution in [0.4, 0.5) is 11.4 Å². The number of pyridine rings is 1. The van der Waals surface area contributed by atoms with E-state index in [4.69, 9.17) is 0 Å². The third-order valence-electron chi connectivity index (χ3n) is 2.08. The fourth-order valence-electron chi connectivity index (χ4n) is 1.40. The zero-order valence-electron chi connectivity index (χ0n) is 7.86. The Morgan fingerprint density at radius 2 is 1.88 bits per heavy atom. The van der Waals surface area contributed by atoms with E-state index in [9.17, 15) is 20.2 Å². The summed E-state index contributed by atoms with van der Waals surface area (Å²) in [5.41, 5.74) is -0.518. The quantitative estimate of drug-likeness (QED) is 0.568. The molecule has 80 valence electrons. The van der Waals surface area contributed by atoms with Crippen LogP contribution in [0, 0.1) is 20.2 Å². The van der Waals surface area contributed by atoms with Crippen molar-refractivity contribution < 1.29 is 9.85 Å². The van der Waals surface area contributed by atoms with Crippen LogP contribution in [0.1, 0.15) is 0 Å². The fraction of sp³-hybridized carbons (Fsp3) is 0. The first-order valence-electron chi connectivity index (χ1n) is 4.27. The van der Waals surface area contributed by atoms with E-state index in [1.807, 2.05) is 0 Å². The highest BCUT2D eigenvalue weighted by Gasteiger charge is 2.19. The van der Waals surface area contributed by atoms with Crippen LogP contribution in [0.5, 0.6) is 0 Å². The summed E-state index contributed by atoms with van der Waals surface area (Å²) >= 11 is 0. The zero-order chi connectivity index (χ0) is 11.7. The second kappa shape index (κ2) is 3.54. The molecule has 0 bridgehead atoms. The lowest BCUT2D eigenvalue weighted by Gasteiger charge is -1.98. The zero-order valence-corrected chi connectivity index (χ0v) is 7.86. The van der Waals surface area contributed by atoms with Crippen LogP contribution in [-0.2, 0) is 0 Å². The molecular formula is C9H5N3O4. The fourth-order valence-corrected chi connectivity index (χ4v) is 1.40. The number of rotatable bonds is 2. The van der Waals surface area contributed by atoms with Gasteiger partial charge < -0.3 is 0 Å². The van der Waals surface area contributed by atoms with Crippen LogP contribution < -0.4 is 0 Å². The van der Waals surface area contributed by atoms with Gasteiger partial charge in [0.05, 0.1) is 15.9 Å². The largest absolute Gasteiger partial charge is 0.302 e. The van der Waals surface area contributed by atoms with Gasteiger partial charge >= 0.3 is 5.69 Å².